The van der Waals surface area contributed by atoms with Crippen molar-refractivity contribution in [2.24, 2.45) is 0 Å². The van der Waals surface area contributed by atoms with Crippen LogP contribution in [0.2, 0.25) is 5.02 Å². The first kappa shape index (κ1) is 18.6. The molecule has 1 atom stereocenters. The molecule has 1 rings (SSSR count). The van der Waals surface area contributed by atoms with Gasteiger partial charge in [0.2, 0.25) is 15.9 Å². The highest BCUT2D eigenvalue weighted by Gasteiger charge is 2.22. The van der Waals surface area contributed by atoms with Gasteiger partial charge in [-0.3, -0.25) is 9.10 Å². The molecule has 22 heavy (non-hydrogen) atoms. The lowest BCUT2D eigenvalue weighted by atomic mass is 10.2. The topological polar surface area (TPSA) is 75.7 Å². The smallest absolute Gasteiger partial charge is 0.240 e. The summed E-state index contributed by atoms with van der Waals surface area (Å²) in [6.45, 7) is 3.49. The van der Waals surface area contributed by atoms with Gasteiger partial charge in [-0.25, -0.2) is 8.42 Å². The van der Waals surface area contributed by atoms with Crippen molar-refractivity contribution in [3.63, 3.8) is 0 Å². The van der Waals surface area contributed by atoms with Crippen LogP contribution in [0.15, 0.2) is 18.2 Å². The fourth-order valence-electron chi connectivity index (χ4n) is 1.76. The van der Waals surface area contributed by atoms with Gasteiger partial charge in [0.15, 0.2) is 0 Å². The largest absolute Gasteiger partial charge is 0.495 e. The van der Waals surface area contributed by atoms with Crippen LogP contribution in [-0.2, 0) is 14.8 Å². The number of rotatable bonds is 7. The number of amides is 1. The number of nitrogens with one attached hydrogen (secondary N) is 1. The predicted octanol–water partition coefficient (Wildman–Crippen LogP) is 2.03. The molecule has 6 nitrogen and oxygen atoms in total. The Kier molecular flexibility index (Phi) is 6.49. The average molecular weight is 349 g/mol. The summed E-state index contributed by atoms with van der Waals surface area (Å²) in [6, 6.07) is 4.54. The summed E-state index contributed by atoms with van der Waals surface area (Å²) in [6.07, 6.45) is 1.81. The molecule has 0 fully saturated rings. The molecular weight excluding hydrogens is 328 g/mol. The summed E-state index contributed by atoms with van der Waals surface area (Å²) >= 11 is 6.02. The lowest BCUT2D eigenvalue weighted by Gasteiger charge is -2.23. The summed E-state index contributed by atoms with van der Waals surface area (Å²) in [7, 11) is -2.15. The molecule has 0 radical (unpaired) electrons. The first-order valence-electron chi connectivity index (χ1n) is 6.79. The van der Waals surface area contributed by atoms with Crippen molar-refractivity contribution in [1.29, 1.82) is 0 Å². The van der Waals surface area contributed by atoms with Gasteiger partial charge < -0.3 is 10.1 Å². The predicted molar refractivity (Wildman–Crippen MR) is 88.1 cm³/mol. The Morgan fingerprint density at radius 2 is 2.09 bits per heavy atom. The van der Waals surface area contributed by atoms with Crippen molar-refractivity contribution in [3.8, 4) is 5.75 Å². The van der Waals surface area contributed by atoms with Gasteiger partial charge >= 0.3 is 0 Å². The van der Waals surface area contributed by atoms with E-state index in [4.69, 9.17) is 16.3 Å². The molecule has 124 valence electrons. The van der Waals surface area contributed by atoms with Crippen LogP contribution in [-0.4, -0.2) is 40.3 Å². The molecule has 0 bridgehead atoms. The van der Waals surface area contributed by atoms with Crippen LogP contribution < -0.4 is 14.4 Å². The van der Waals surface area contributed by atoms with E-state index in [1.807, 2.05) is 13.8 Å². The number of halogens is 1. The standard InChI is InChI=1S/C14H21ClN2O4S/c1-5-10(2)16-14(18)9-17(22(4,19)20)11-6-7-13(21-3)12(15)8-11/h6-8,10H,5,9H2,1-4H3,(H,16,18)/t10-/m0/s1. The number of carbonyl (C=O) groups is 1. The number of carbonyl (C=O) groups excluding carboxylic acids is 1. The van der Waals surface area contributed by atoms with E-state index < -0.39 is 10.0 Å². The molecule has 0 unspecified atom stereocenters. The zero-order valence-corrected chi connectivity index (χ0v) is 14.7. The highest BCUT2D eigenvalue weighted by molar-refractivity contribution is 7.92. The molecule has 8 heteroatoms. The number of benzene rings is 1. The minimum Gasteiger partial charge on any atom is -0.495 e. The minimum absolute atomic E-state index is 0.0200. The normalized spacial score (nSPS) is 12.6. The van der Waals surface area contributed by atoms with Crippen molar-refractivity contribution >= 4 is 33.2 Å². The second-order valence-electron chi connectivity index (χ2n) is 4.97. The lowest BCUT2D eigenvalue weighted by Crippen LogP contribution is -2.43. The van der Waals surface area contributed by atoms with E-state index in [-0.39, 0.29) is 23.5 Å². The van der Waals surface area contributed by atoms with Gasteiger partial charge in [-0.15, -0.1) is 0 Å². The molecule has 1 N–H and O–H groups in total. The number of anilines is 1. The van der Waals surface area contributed by atoms with E-state index in [0.717, 1.165) is 17.0 Å². The van der Waals surface area contributed by atoms with E-state index >= 15 is 0 Å². The van der Waals surface area contributed by atoms with Crippen LogP contribution in [0.3, 0.4) is 0 Å². The van der Waals surface area contributed by atoms with E-state index in [2.05, 4.69) is 5.32 Å². The summed E-state index contributed by atoms with van der Waals surface area (Å²) < 4.78 is 30.0. The highest BCUT2D eigenvalue weighted by atomic mass is 35.5. The van der Waals surface area contributed by atoms with Crippen molar-refractivity contribution in [2.75, 3.05) is 24.2 Å². The number of methoxy groups -OCH3 is 1. The van der Waals surface area contributed by atoms with E-state index in [1.165, 1.54) is 13.2 Å². The Morgan fingerprint density at radius 3 is 2.55 bits per heavy atom. The second-order valence-corrected chi connectivity index (χ2v) is 7.28. The van der Waals surface area contributed by atoms with Crippen molar-refractivity contribution in [1.82, 2.24) is 5.32 Å². The Labute approximate surface area is 136 Å². The van der Waals surface area contributed by atoms with E-state index in [9.17, 15) is 13.2 Å². The molecule has 1 amide bonds. The number of hydrogen-bond acceptors (Lipinski definition) is 4. The molecule has 1 aromatic rings. The molecule has 0 heterocycles. The SMILES string of the molecule is CC[C@H](C)NC(=O)CN(c1ccc(OC)c(Cl)c1)S(C)(=O)=O. The zero-order valence-electron chi connectivity index (χ0n) is 13.1. The van der Waals surface area contributed by atoms with Crippen molar-refractivity contribution in [3.05, 3.63) is 23.2 Å². The van der Waals surface area contributed by atoms with Gasteiger partial charge in [0.25, 0.3) is 0 Å². The van der Waals surface area contributed by atoms with Crippen LogP contribution in [0.5, 0.6) is 5.75 Å². The van der Waals surface area contributed by atoms with Gasteiger partial charge in [0.1, 0.15) is 12.3 Å². The third-order valence-electron chi connectivity index (χ3n) is 3.13. The maximum Gasteiger partial charge on any atom is 0.240 e. The number of hydrogen-bond donors (Lipinski definition) is 1. The summed E-state index contributed by atoms with van der Waals surface area (Å²) in [5, 5.41) is 3.01. The monoisotopic (exact) mass is 348 g/mol. The molecule has 0 aliphatic heterocycles. The average Bonchev–Trinajstić information content (AvgIpc) is 2.43. The molecule has 0 saturated carbocycles. The van der Waals surface area contributed by atoms with Gasteiger partial charge in [0, 0.05) is 6.04 Å². The minimum atomic E-state index is -3.62. The number of ether oxygens (including phenoxy) is 1. The van der Waals surface area contributed by atoms with Crippen LogP contribution in [0.4, 0.5) is 5.69 Å². The Balaban J connectivity index is 3.05. The Bertz CT molecular complexity index is 634. The van der Waals surface area contributed by atoms with Gasteiger partial charge in [-0.05, 0) is 31.5 Å². The van der Waals surface area contributed by atoms with Gasteiger partial charge in [-0.1, -0.05) is 18.5 Å². The van der Waals surface area contributed by atoms with Gasteiger partial charge in [-0.2, -0.15) is 0 Å². The fourth-order valence-corrected chi connectivity index (χ4v) is 2.86. The van der Waals surface area contributed by atoms with Crippen LogP contribution in [0.25, 0.3) is 0 Å². The third kappa shape index (κ3) is 5.06. The number of sulfonamides is 1. The fraction of sp³-hybridized carbons (Fsp3) is 0.500. The van der Waals surface area contributed by atoms with E-state index in [1.54, 1.807) is 12.1 Å². The molecule has 0 aliphatic rings. The molecule has 0 aromatic heterocycles. The van der Waals surface area contributed by atoms with Gasteiger partial charge in [0.05, 0.1) is 24.1 Å². The highest BCUT2D eigenvalue weighted by Crippen LogP contribution is 2.30. The van der Waals surface area contributed by atoms with Crippen molar-refractivity contribution in [2.45, 2.75) is 26.3 Å². The molecule has 0 aliphatic carbocycles. The molecule has 0 spiro atoms. The third-order valence-corrected chi connectivity index (χ3v) is 4.57. The number of nitrogens with zero attached hydrogens (tertiary/aromatic N) is 1. The van der Waals surface area contributed by atoms with Crippen molar-refractivity contribution < 1.29 is 17.9 Å². The summed E-state index contributed by atoms with van der Waals surface area (Å²) in [5.74, 6) is 0.0645. The van der Waals surface area contributed by atoms with Crippen LogP contribution in [0, 0.1) is 0 Å². The van der Waals surface area contributed by atoms with Crippen LogP contribution in [0.1, 0.15) is 20.3 Å². The molecular formula is C14H21ClN2O4S. The Hall–Kier alpha value is -1.47. The Morgan fingerprint density at radius 1 is 1.45 bits per heavy atom. The van der Waals surface area contributed by atoms with Crippen LogP contribution >= 0.6 is 11.6 Å². The lowest BCUT2D eigenvalue weighted by molar-refractivity contribution is -0.120. The first-order chi connectivity index (χ1) is 10.2. The summed E-state index contributed by atoms with van der Waals surface area (Å²) in [4.78, 5) is 12.0. The molecule has 1 aromatic carbocycles. The maximum atomic E-state index is 12.0. The van der Waals surface area contributed by atoms with E-state index in [0.29, 0.717) is 11.4 Å². The summed E-state index contributed by atoms with van der Waals surface area (Å²) in [5.41, 5.74) is 0.313. The maximum absolute atomic E-state index is 12.0. The first-order valence-corrected chi connectivity index (χ1v) is 9.02. The molecule has 0 saturated heterocycles. The second kappa shape index (κ2) is 7.69. The zero-order chi connectivity index (χ0) is 16.9. The quantitative estimate of drug-likeness (QED) is 0.818.